The number of sulfonamides is 1. The zero-order chi connectivity index (χ0) is 21.2. The Balaban J connectivity index is 2.24. The number of hydrogen-bond acceptors (Lipinski definition) is 4. The van der Waals surface area contributed by atoms with Gasteiger partial charge in [0.2, 0.25) is 10.0 Å². The number of halogens is 1. The number of anilines is 1. The second kappa shape index (κ2) is 8.57. The molecule has 1 aliphatic rings. The fourth-order valence-corrected chi connectivity index (χ4v) is 4.49. The molecule has 28 heavy (non-hydrogen) atoms. The second-order valence-electron chi connectivity index (χ2n) is 7.56. The lowest BCUT2D eigenvalue weighted by Gasteiger charge is -2.30. The molecule has 1 atom stereocenters. The number of amides is 4. The van der Waals surface area contributed by atoms with Gasteiger partial charge in [-0.2, -0.15) is 0 Å². The Morgan fingerprint density at radius 1 is 1.21 bits per heavy atom. The molecule has 8 nitrogen and oxygen atoms in total. The number of carbonyl (C=O) groups is 2. The maximum atomic E-state index is 12.6. The molecular weight excluding hydrogens is 404 g/mol. The third kappa shape index (κ3) is 5.08. The van der Waals surface area contributed by atoms with Crippen LogP contribution in [0, 0.1) is 0 Å². The smallest absolute Gasteiger partial charge is 0.332 e. The van der Waals surface area contributed by atoms with E-state index in [2.05, 4.69) is 15.4 Å². The molecule has 1 aromatic carbocycles. The zero-order valence-corrected chi connectivity index (χ0v) is 18.2. The van der Waals surface area contributed by atoms with Crippen LogP contribution in [0.15, 0.2) is 12.1 Å². The molecule has 1 saturated heterocycles. The van der Waals surface area contributed by atoms with Gasteiger partial charge in [0.25, 0.3) is 0 Å². The number of rotatable bonds is 5. The summed E-state index contributed by atoms with van der Waals surface area (Å²) < 4.78 is 27.2. The quantitative estimate of drug-likeness (QED) is 0.667. The Morgan fingerprint density at radius 3 is 2.21 bits per heavy atom. The van der Waals surface area contributed by atoms with Crippen LogP contribution in [0.25, 0.3) is 0 Å². The van der Waals surface area contributed by atoms with E-state index >= 15 is 0 Å². The predicted molar refractivity (Wildman–Crippen MR) is 111 cm³/mol. The van der Waals surface area contributed by atoms with E-state index in [0.717, 1.165) is 11.1 Å². The molecule has 1 fully saturated rings. The summed E-state index contributed by atoms with van der Waals surface area (Å²) in [5, 5.41) is 4.81. The van der Waals surface area contributed by atoms with Crippen LogP contribution in [0.5, 0.6) is 0 Å². The number of hydrogen-bond donors (Lipinski definition) is 3. The topological polar surface area (TPSA) is 108 Å². The number of nitrogens with zero attached hydrogens (tertiary/aromatic N) is 1. The number of nitrogens with one attached hydrogen (secondary N) is 3. The Bertz CT molecular complexity index is 841. The van der Waals surface area contributed by atoms with E-state index in [1.54, 1.807) is 12.1 Å². The van der Waals surface area contributed by atoms with Crippen LogP contribution in [-0.2, 0) is 10.0 Å². The van der Waals surface area contributed by atoms with E-state index in [-0.39, 0.29) is 31.0 Å². The van der Waals surface area contributed by atoms with Crippen LogP contribution < -0.4 is 15.4 Å². The van der Waals surface area contributed by atoms with Crippen molar-refractivity contribution in [3.8, 4) is 0 Å². The number of urea groups is 2. The van der Waals surface area contributed by atoms with Crippen molar-refractivity contribution in [1.82, 2.24) is 14.9 Å². The van der Waals surface area contributed by atoms with Crippen LogP contribution >= 0.6 is 11.6 Å². The zero-order valence-electron chi connectivity index (χ0n) is 16.7. The van der Waals surface area contributed by atoms with Crippen LogP contribution in [0.3, 0.4) is 0 Å². The van der Waals surface area contributed by atoms with Gasteiger partial charge in [0.15, 0.2) is 0 Å². The van der Waals surface area contributed by atoms with Gasteiger partial charge in [-0.3, -0.25) is 0 Å². The third-order valence-electron chi connectivity index (χ3n) is 4.63. The highest BCUT2D eigenvalue weighted by Crippen LogP contribution is 2.35. The van der Waals surface area contributed by atoms with Crippen molar-refractivity contribution in [2.75, 3.05) is 25.5 Å². The van der Waals surface area contributed by atoms with Crippen molar-refractivity contribution in [2.24, 2.45) is 0 Å². The first-order chi connectivity index (χ1) is 12.9. The van der Waals surface area contributed by atoms with E-state index in [1.807, 2.05) is 27.7 Å². The SMILES string of the molecule is CC(C)c1cc(Cl)cc(C(C)C)c1NC(=O)NS(=O)(=O)C1CNC(=O)N(C)C1. The summed E-state index contributed by atoms with van der Waals surface area (Å²) in [6.45, 7) is 7.82. The normalized spacial score (nSPS) is 17.6. The fourth-order valence-electron chi connectivity index (χ4n) is 3.05. The fraction of sp³-hybridized carbons (Fsp3) is 0.556. The molecule has 0 aromatic heterocycles. The van der Waals surface area contributed by atoms with E-state index in [1.165, 1.54) is 11.9 Å². The van der Waals surface area contributed by atoms with Crippen molar-refractivity contribution in [3.05, 3.63) is 28.3 Å². The average Bonchev–Trinajstić information content (AvgIpc) is 2.57. The minimum atomic E-state index is -3.98. The van der Waals surface area contributed by atoms with Gasteiger partial charge in [0.1, 0.15) is 5.25 Å². The highest BCUT2D eigenvalue weighted by atomic mass is 35.5. The van der Waals surface area contributed by atoms with Crippen molar-refractivity contribution in [3.63, 3.8) is 0 Å². The van der Waals surface area contributed by atoms with Gasteiger partial charge in [0, 0.05) is 30.8 Å². The minimum Gasteiger partial charge on any atom is -0.337 e. The summed E-state index contributed by atoms with van der Waals surface area (Å²) in [6, 6.07) is 2.35. The van der Waals surface area contributed by atoms with Gasteiger partial charge in [-0.05, 0) is 35.1 Å². The molecule has 1 unspecified atom stereocenters. The summed E-state index contributed by atoms with van der Waals surface area (Å²) in [5.41, 5.74) is 2.22. The predicted octanol–water partition coefficient (Wildman–Crippen LogP) is 3.06. The number of benzene rings is 1. The standard InChI is InChI=1S/C18H27ClN4O4S/c1-10(2)14-6-12(19)7-15(11(3)4)16(14)21-17(24)22-28(26,27)13-8-20-18(25)23(5)9-13/h6-7,10-11,13H,8-9H2,1-5H3,(H,20,25)(H2,21,22,24). The van der Waals surface area contributed by atoms with E-state index in [0.29, 0.717) is 10.7 Å². The van der Waals surface area contributed by atoms with Crippen molar-refractivity contribution < 1.29 is 18.0 Å². The van der Waals surface area contributed by atoms with Crippen molar-refractivity contribution >= 4 is 39.4 Å². The van der Waals surface area contributed by atoms with Gasteiger partial charge in [-0.25, -0.2) is 22.7 Å². The van der Waals surface area contributed by atoms with Crippen LogP contribution in [0.2, 0.25) is 5.02 Å². The monoisotopic (exact) mass is 430 g/mol. The van der Waals surface area contributed by atoms with Gasteiger partial charge < -0.3 is 15.5 Å². The Morgan fingerprint density at radius 2 is 1.75 bits per heavy atom. The summed E-state index contributed by atoms with van der Waals surface area (Å²) in [6.07, 6.45) is 0. The molecule has 156 valence electrons. The van der Waals surface area contributed by atoms with Crippen molar-refractivity contribution in [2.45, 2.75) is 44.8 Å². The summed E-state index contributed by atoms with van der Waals surface area (Å²) in [5.74, 6) is 0.149. The molecule has 1 heterocycles. The molecule has 10 heteroatoms. The Labute approximate surface area is 171 Å². The first-order valence-electron chi connectivity index (χ1n) is 9.07. The lowest BCUT2D eigenvalue weighted by atomic mass is 9.92. The molecule has 0 radical (unpaired) electrons. The molecule has 4 amide bonds. The van der Waals surface area contributed by atoms with Crippen LogP contribution in [-0.4, -0.2) is 50.8 Å². The Kier molecular flexibility index (Phi) is 6.82. The van der Waals surface area contributed by atoms with Crippen LogP contribution in [0.1, 0.15) is 50.7 Å². The van der Waals surface area contributed by atoms with E-state index in [9.17, 15) is 18.0 Å². The van der Waals surface area contributed by atoms with Gasteiger partial charge >= 0.3 is 12.1 Å². The van der Waals surface area contributed by atoms with Crippen molar-refractivity contribution in [1.29, 1.82) is 0 Å². The first-order valence-corrected chi connectivity index (χ1v) is 11.0. The highest BCUT2D eigenvalue weighted by molar-refractivity contribution is 7.90. The minimum absolute atomic E-state index is 0.00385. The molecule has 0 saturated carbocycles. The van der Waals surface area contributed by atoms with Gasteiger partial charge in [-0.1, -0.05) is 39.3 Å². The largest absolute Gasteiger partial charge is 0.337 e. The number of carbonyl (C=O) groups excluding carboxylic acids is 2. The molecule has 0 bridgehead atoms. The third-order valence-corrected chi connectivity index (χ3v) is 6.51. The average molecular weight is 431 g/mol. The molecule has 1 aliphatic heterocycles. The summed E-state index contributed by atoms with van der Waals surface area (Å²) in [4.78, 5) is 25.2. The maximum absolute atomic E-state index is 12.6. The van der Waals surface area contributed by atoms with Gasteiger partial charge in [0.05, 0.1) is 0 Å². The Hall–Kier alpha value is -2.00. The first kappa shape index (κ1) is 22.3. The van der Waals surface area contributed by atoms with Crippen LogP contribution in [0.4, 0.5) is 15.3 Å². The molecule has 0 aliphatic carbocycles. The molecular formula is C18H27ClN4O4S. The highest BCUT2D eigenvalue weighted by Gasteiger charge is 2.34. The summed E-state index contributed by atoms with van der Waals surface area (Å²) >= 11 is 6.22. The van der Waals surface area contributed by atoms with Gasteiger partial charge in [-0.15, -0.1) is 0 Å². The van der Waals surface area contributed by atoms with E-state index < -0.39 is 21.3 Å². The lowest BCUT2D eigenvalue weighted by molar-refractivity contribution is 0.199. The second-order valence-corrected chi connectivity index (χ2v) is 9.96. The molecule has 3 N–H and O–H groups in total. The molecule has 2 rings (SSSR count). The molecule has 1 aromatic rings. The lowest BCUT2D eigenvalue weighted by Crippen LogP contribution is -2.57. The molecule has 0 spiro atoms. The maximum Gasteiger partial charge on any atom is 0.332 e. The van der Waals surface area contributed by atoms with E-state index in [4.69, 9.17) is 11.6 Å². The summed E-state index contributed by atoms with van der Waals surface area (Å²) in [7, 11) is -2.48.